The van der Waals surface area contributed by atoms with E-state index in [1.165, 1.54) is 25.7 Å². The van der Waals surface area contributed by atoms with Crippen LogP contribution >= 0.6 is 0 Å². The fourth-order valence-corrected chi connectivity index (χ4v) is 4.68. The van der Waals surface area contributed by atoms with Gasteiger partial charge in [0, 0.05) is 12.1 Å². The first-order valence-electron chi connectivity index (χ1n) is 7.95. The van der Waals surface area contributed by atoms with Crippen molar-refractivity contribution in [2.45, 2.75) is 89.1 Å². The van der Waals surface area contributed by atoms with Gasteiger partial charge in [-0.15, -0.1) is 0 Å². The molecule has 19 heavy (non-hydrogen) atoms. The fourth-order valence-electron chi connectivity index (χ4n) is 3.27. The van der Waals surface area contributed by atoms with Crippen LogP contribution in [0.2, 0.25) is 0 Å². The van der Waals surface area contributed by atoms with Crippen molar-refractivity contribution < 1.29 is 8.42 Å². The molecule has 112 valence electrons. The zero-order valence-electron chi connectivity index (χ0n) is 11.9. The highest BCUT2D eigenvalue weighted by Crippen LogP contribution is 2.19. The summed E-state index contributed by atoms with van der Waals surface area (Å²) in [5.74, 6) is 0. The van der Waals surface area contributed by atoms with Gasteiger partial charge < -0.3 is 0 Å². The van der Waals surface area contributed by atoms with E-state index in [0.29, 0.717) is 0 Å². The van der Waals surface area contributed by atoms with Gasteiger partial charge in [-0.3, -0.25) is 0 Å². The third kappa shape index (κ3) is 5.79. The lowest BCUT2D eigenvalue weighted by Gasteiger charge is -2.21. The molecule has 4 nitrogen and oxygen atoms in total. The number of hydrogen-bond donors (Lipinski definition) is 2. The average molecular weight is 288 g/mol. The van der Waals surface area contributed by atoms with Crippen LogP contribution < -0.4 is 9.44 Å². The topological polar surface area (TPSA) is 58.2 Å². The molecule has 2 fully saturated rings. The Kier molecular flexibility index (Phi) is 6.10. The highest BCUT2D eigenvalue weighted by molar-refractivity contribution is 7.87. The molecule has 5 heteroatoms. The van der Waals surface area contributed by atoms with Crippen molar-refractivity contribution in [2.75, 3.05) is 0 Å². The summed E-state index contributed by atoms with van der Waals surface area (Å²) in [6.45, 7) is 0. The largest absolute Gasteiger partial charge is 0.277 e. The normalized spacial score (nSPS) is 24.8. The molecule has 2 rings (SSSR count). The summed E-state index contributed by atoms with van der Waals surface area (Å²) >= 11 is 0. The van der Waals surface area contributed by atoms with Crippen molar-refractivity contribution in [3.63, 3.8) is 0 Å². The van der Waals surface area contributed by atoms with E-state index in [1.54, 1.807) is 0 Å². The smallest absolute Gasteiger partial charge is 0.199 e. The Balaban J connectivity index is 1.82. The molecule has 0 unspecified atom stereocenters. The molecular weight excluding hydrogens is 260 g/mol. The average Bonchev–Trinajstić information content (AvgIpc) is 2.73. The standard InChI is InChI=1S/C14H28N2O2S/c17-19(18,15-13-9-5-1-2-6-10-13)16-14-11-7-3-4-8-12-14/h13-16H,1-12H2. The lowest BCUT2D eigenvalue weighted by molar-refractivity contribution is 0.474. The van der Waals surface area contributed by atoms with Crippen LogP contribution in [0.1, 0.15) is 77.0 Å². The molecule has 2 N–H and O–H groups in total. The van der Waals surface area contributed by atoms with E-state index in [4.69, 9.17) is 0 Å². The first-order chi connectivity index (χ1) is 9.16. The van der Waals surface area contributed by atoms with Crippen LogP contribution in [-0.4, -0.2) is 20.5 Å². The molecular formula is C14H28N2O2S. The van der Waals surface area contributed by atoms with Crippen molar-refractivity contribution >= 4 is 10.2 Å². The van der Waals surface area contributed by atoms with E-state index in [1.807, 2.05) is 0 Å². The molecule has 0 radical (unpaired) electrons. The molecule has 0 spiro atoms. The minimum Gasteiger partial charge on any atom is -0.199 e. The minimum atomic E-state index is -3.31. The van der Waals surface area contributed by atoms with E-state index < -0.39 is 10.2 Å². The first kappa shape index (κ1) is 15.3. The maximum Gasteiger partial charge on any atom is 0.277 e. The lowest BCUT2D eigenvalue weighted by Crippen LogP contribution is -2.46. The van der Waals surface area contributed by atoms with Gasteiger partial charge in [-0.2, -0.15) is 17.9 Å². The molecule has 0 saturated heterocycles. The Labute approximate surface area is 117 Å². The molecule has 0 aromatic carbocycles. The zero-order valence-corrected chi connectivity index (χ0v) is 12.7. The van der Waals surface area contributed by atoms with Gasteiger partial charge in [0.05, 0.1) is 0 Å². The van der Waals surface area contributed by atoms with Crippen molar-refractivity contribution in [1.82, 2.24) is 9.44 Å². The molecule has 0 aliphatic heterocycles. The maximum absolute atomic E-state index is 12.2. The van der Waals surface area contributed by atoms with Crippen LogP contribution in [0.15, 0.2) is 0 Å². The Morgan fingerprint density at radius 1 is 0.579 bits per heavy atom. The Bertz CT molecular complexity index is 312. The second-order valence-corrected chi connectivity index (χ2v) is 7.59. The van der Waals surface area contributed by atoms with Crippen LogP contribution in [0.25, 0.3) is 0 Å². The predicted molar refractivity (Wildman–Crippen MR) is 78.2 cm³/mol. The van der Waals surface area contributed by atoms with Gasteiger partial charge in [0.2, 0.25) is 0 Å². The first-order valence-corrected chi connectivity index (χ1v) is 9.44. The third-order valence-electron chi connectivity index (χ3n) is 4.35. The monoisotopic (exact) mass is 288 g/mol. The molecule has 2 aliphatic carbocycles. The summed E-state index contributed by atoms with van der Waals surface area (Å²) in [5, 5.41) is 0. The van der Waals surface area contributed by atoms with E-state index in [2.05, 4.69) is 9.44 Å². The summed E-state index contributed by atoms with van der Waals surface area (Å²) < 4.78 is 30.1. The molecule has 0 aromatic heterocycles. The Morgan fingerprint density at radius 2 is 0.895 bits per heavy atom. The second kappa shape index (κ2) is 7.60. The van der Waals surface area contributed by atoms with E-state index in [9.17, 15) is 8.42 Å². The Morgan fingerprint density at radius 3 is 1.21 bits per heavy atom. The van der Waals surface area contributed by atoms with Crippen molar-refractivity contribution in [1.29, 1.82) is 0 Å². The number of nitrogens with one attached hydrogen (secondary N) is 2. The van der Waals surface area contributed by atoms with Gasteiger partial charge in [0.1, 0.15) is 0 Å². The number of rotatable bonds is 4. The van der Waals surface area contributed by atoms with Gasteiger partial charge in [-0.1, -0.05) is 51.4 Å². The highest BCUT2D eigenvalue weighted by atomic mass is 32.2. The predicted octanol–water partition coefficient (Wildman–Crippen LogP) is 2.86. The zero-order chi connectivity index (χ0) is 13.6. The molecule has 2 saturated carbocycles. The van der Waals surface area contributed by atoms with Crippen LogP contribution in [0.5, 0.6) is 0 Å². The second-order valence-electron chi connectivity index (χ2n) is 6.12. The molecule has 0 bridgehead atoms. The number of hydrogen-bond acceptors (Lipinski definition) is 2. The van der Waals surface area contributed by atoms with Gasteiger partial charge in [-0.25, -0.2) is 0 Å². The molecule has 0 aromatic rings. The summed E-state index contributed by atoms with van der Waals surface area (Å²) in [6.07, 6.45) is 13.5. The SMILES string of the molecule is O=S(=O)(NC1CCCCCC1)NC1CCCCCC1. The maximum atomic E-state index is 12.2. The van der Waals surface area contributed by atoms with Crippen LogP contribution in [0.4, 0.5) is 0 Å². The fraction of sp³-hybridized carbons (Fsp3) is 1.00. The quantitative estimate of drug-likeness (QED) is 0.782. The van der Waals surface area contributed by atoms with Crippen LogP contribution in [-0.2, 0) is 10.2 Å². The van der Waals surface area contributed by atoms with Crippen LogP contribution in [0.3, 0.4) is 0 Å². The van der Waals surface area contributed by atoms with E-state index in [0.717, 1.165) is 51.4 Å². The lowest BCUT2D eigenvalue weighted by atomic mass is 10.1. The summed E-state index contributed by atoms with van der Waals surface area (Å²) in [7, 11) is -3.31. The minimum absolute atomic E-state index is 0.144. The van der Waals surface area contributed by atoms with Crippen LogP contribution in [0, 0.1) is 0 Å². The van der Waals surface area contributed by atoms with E-state index >= 15 is 0 Å². The summed E-state index contributed by atoms with van der Waals surface area (Å²) in [5.41, 5.74) is 0. The van der Waals surface area contributed by atoms with Gasteiger partial charge >= 0.3 is 0 Å². The Hall–Kier alpha value is -0.130. The molecule has 0 atom stereocenters. The van der Waals surface area contributed by atoms with Crippen molar-refractivity contribution in [2.24, 2.45) is 0 Å². The van der Waals surface area contributed by atoms with Crippen molar-refractivity contribution in [3.05, 3.63) is 0 Å². The molecule has 0 heterocycles. The van der Waals surface area contributed by atoms with Gasteiger partial charge in [0.15, 0.2) is 0 Å². The third-order valence-corrected chi connectivity index (χ3v) is 5.64. The highest BCUT2D eigenvalue weighted by Gasteiger charge is 2.22. The van der Waals surface area contributed by atoms with E-state index in [-0.39, 0.29) is 12.1 Å². The van der Waals surface area contributed by atoms with Gasteiger partial charge in [0.25, 0.3) is 10.2 Å². The summed E-state index contributed by atoms with van der Waals surface area (Å²) in [4.78, 5) is 0. The molecule has 2 aliphatic rings. The van der Waals surface area contributed by atoms with Crippen molar-refractivity contribution in [3.8, 4) is 0 Å². The summed E-state index contributed by atoms with van der Waals surface area (Å²) in [6, 6.07) is 0.288. The molecule has 0 amide bonds. The van der Waals surface area contributed by atoms with Gasteiger partial charge in [-0.05, 0) is 25.7 Å².